The number of carbonyl (C=O) groups excluding carboxylic acids is 1. The third-order valence-corrected chi connectivity index (χ3v) is 4.89. The second-order valence-corrected chi connectivity index (χ2v) is 8.61. The molecule has 2 atom stereocenters. The van der Waals surface area contributed by atoms with Crippen molar-refractivity contribution in [3.63, 3.8) is 0 Å². The molecule has 1 amide bonds. The molecule has 122 valence electrons. The number of hydrogen-bond acceptors (Lipinski definition) is 6. The van der Waals surface area contributed by atoms with Crippen molar-refractivity contribution in [3.05, 3.63) is 34.4 Å². The summed E-state index contributed by atoms with van der Waals surface area (Å²) in [4.78, 5) is 22.8. The van der Waals surface area contributed by atoms with Gasteiger partial charge in [-0.2, -0.15) is 0 Å². The summed E-state index contributed by atoms with van der Waals surface area (Å²) in [5.74, 6) is -0.396. The van der Waals surface area contributed by atoms with Crippen LogP contribution < -0.4 is 5.32 Å². The number of non-ortho nitro benzene ring substituents is 1. The molecule has 0 spiro atoms. The summed E-state index contributed by atoms with van der Waals surface area (Å²) >= 11 is 1.25. The van der Waals surface area contributed by atoms with Gasteiger partial charge in [0.1, 0.15) is 9.84 Å². The van der Waals surface area contributed by atoms with Crippen molar-refractivity contribution in [2.45, 2.75) is 30.0 Å². The van der Waals surface area contributed by atoms with Gasteiger partial charge in [-0.25, -0.2) is 8.42 Å². The molecule has 0 fully saturated rings. The lowest BCUT2D eigenvalue weighted by Gasteiger charge is -2.16. The number of amides is 1. The van der Waals surface area contributed by atoms with Crippen LogP contribution in [-0.4, -0.2) is 42.5 Å². The van der Waals surface area contributed by atoms with Crippen LogP contribution in [0.25, 0.3) is 0 Å². The molecule has 0 aromatic heterocycles. The number of sulfone groups is 1. The molecule has 1 aromatic rings. The molecule has 1 aromatic carbocycles. The monoisotopic (exact) mass is 346 g/mol. The Balaban J connectivity index is 2.58. The van der Waals surface area contributed by atoms with Gasteiger partial charge in [0, 0.05) is 29.3 Å². The minimum absolute atomic E-state index is 0.0109. The van der Waals surface area contributed by atoms with Crippen LogP contribution in [0.5, 0.6) is 0 Å². The number of thioether (sulfide) groups is 1. The van der Waals surface area contributed by atoms with Gasteiger partial charge in [-0.3, -0.25) is 14.9 Å². The van der Waals surface area contributed by atoms with E-state index in [0.29, 0.717) is 0 Å². The summed E-state index contributed by atoms with van der Waals surface area (Å²) in [5.41, 5.74) is -0.0109. The third-order valence-electron chi connectivity index (χ3n) is 2.67. The van der Waals surface area contributed by atoms with Crippen LogP contribution in [0.3, 0.4) is 0 Å². The van der Waals surface area contributed by atoms with E-state index in [4.69, 9.17) is 0 Å². The zero-order valence-electron chi connectivity index (χ0n) is 12.5. The predicted molar refractivity (Wildman–Crippen MR) is 85.7 cm³/mol. The zero-order chi connectivity index (χ0) is 16.9. The molecule has 0 aliphatic heterocycles. The zero-order valence-corrected chi connectivity index (χ0v) is 14.1. The van der Waals surface area contributed by atoms with Crippen LogP contribution in [-0.2, 0) is 14.6 Å². The molecule has 1 rings (SSSR count). The number of nitro groups is 1. The van der Waals surface area contributed by atoms with Gasteiger partial charge in [-0.1, -0.05) is 0 Å². The Bertz CT molecular complexity index is 643. The number of carbonyl (C=O) groups is 1. The summed E-state index contributed by atoms with van der Waals surface area (Å²) in [6, 6.07) is 5.43. The molecule has 0 aliphatic carbocycles. The van der Waals surface area contributed by atoms with E-state index in [1.807, 2.05) is 0 Å². The molecule has 9 heteroatoms. The van der Waals surface area contributed by atoms with Gasteiger partial charge in [0.05, 0.1) is 15.9 Å². The minimum Gasteiger partial charge on any atom is -0.352 e. The van der Waals surface area contributed by atoms with Crippen molar-refractivity contribution < 1.29 is 18.1 Å². The van der Waals surface area contributed by atoms with Crippen molar-refractivity contribution in [1.82, 2.24) is 5.32 Å². The van der Waals surface area contributed by atoms with Crippen molar-refractivity contribution in [1.29, 1.82) is 0 Å². The quantitative estimate of drug-likeness (QED) is 0.457. The standard InChI is InChI=1S/C13H18N2O5S2/c1-9(8-22(3,19)20)14-13(16)10(2)21-12-6-4-11(5-7-12)15(17)18/h4-7,9-10H,8H2,1-3H3,(H,14,16)/t9-,10-/m0/s1. The summed E-state index contributed by atoms with van der Waals surface area (Å²) < 4.78 is 22.3. The van der Waals surface area contributed by atoms with Gasteiger partial charge in [-0.05, 0) is 26.0 Å². The van der Waals surface area contributed by atoms with Gasteiger partial charge in [0.2, 0.25) is 5.91 Å². The average Bonchev–Trinajstić information content (AvgIpc) is 2.36. The molecular formula is C13H18N2O5S2. The normalized spacial score (nSPS) is 14.1. The summed E-state index contributed by atoms with van der Waals surface area (Å²) in [5, 5.41) is 12.8. The average molecular weight is 346 g/mol. The van der Waals surface area contributed by atoms with Crippen molar-refractivity contribution in [2.24, 2.45) is 0 Å². The fourth-order valence-electron chi connectivity index (χ4n) is 1.76. The van der Waals surface area contributed by atoms with Crippen LogP contribution in [0.2, 0.25) is 0 Å². The third kappa shape index (κ3) is 6.44. The molecular weight excluding hydrogens is 328 g/mol. The highest BCUT2D eigenvalue weighted by Gasteiger charge is 2.19. The molecule has 0 radical (unpaired) electrons. The topological polar surface area (TPSA) is 106 Å². The van der Waals surface area contributed by atoms with Gasteiger partial charge >= 0.3 is 0 Å². The molecule has 0 saturated heterocycles. The number of hydrogen-bond donors (Lipinski definition) is 1. The Morgan fingerprint density at radius 2 is 1.86 bits per heavy atom. The summed E-state index contributed by atoms with van der Waals surface area (Å²) in [6.07, 6.45) is 1.12. The van der Waals surface area contributed by atoms with Crippen molar-refractivity contribution in [2.75, 3.05) is 12.0 Å². The highest BCUT2D eigenvalue weighted by atomic mass is 32.2. The molecule has 1 N–H and O–H groups in total. The first kappa shape index (κ1) is 18.4. The molecule has 0 aliphatic rings. The van der Waals surface area contributed by atoms with Crippen LogP contribution in [0.1, 0.15) is 13.8 Å². The fourth-order valence-corrected chi connectivity index (χ4v) is 3.63. The molecule has 22 heavy (non-hydrogen) atoms. The number of rotatable bonds is 7. The summed E-state index contributed by atoms with van der Waals surface area (Å²) in [6.45, 7) is 3.32. The Morgan fingerprint density at radius 3 is 2.32 bits per heavy atom. The van der Waals surface area contributed by atoms with E-state index in [2.05, 4.69) is 5.32 Å². The largest absolute Gasteiger partial charge is 0.352 e. The van der Waals surface area contributed by atoms with Gasteiger partial charge in [-0.15, -0.1) is 11.8 Å². The number of benzene rings is 1. The predicted octanol–water partition coefficient (Wildman–Crippen LogP) is 1.62. The second kappa shape index (κ2) is 7.59. The van der Waals surface area contributed by atoms with E-state index in [1.54, 1.807) is 26.0 Å². The van der Waals surface area contributed by atoms with Crippen LogP contribution >= 0.6 is 11.8 Å². The van der Waals surface area contributed by atoms with E-state index < -0.39 is 26.1 Å². The summed E-state index contributed by atoms with van der Waals surface area (Å²) in [7, 11) is -3.15. The van der Waals surface area contributed by atoms with Gasteiger partial charge in [0.25, 0.3) is 5.69 Å². The van der Waals surface area contributed by atoms with E-state index >= 15 is 0 Å². The molecule has 7 nitrogen and oxygen atoms in total. The Hall–Kier alpha value is -1.61. The van der Waals surface area contributed by atoms with Crippen LogP contribution in [0.15, 0.2) is 29.2 Å². The van der Waals surface area contributed by atoms with E-state index in [-0.39, 0.29) is 17.3 Å². The minimum atomic E-state index is -3.15. The fraction of sp³-hybridized carbons (Fsp3) is 0.462. The van der Waals surface area contributed by atoms with Crippen molar-refractivity contribution in [3.8, 4) is 0 Å². The maximum atomic E-state index is 12.0. The number of nitro benzene ring substituents is 1. The first-order chi connectivity index (χ1) is 10.1. The molecule has 0 bridgehead atoms. The first-order valence-corrected chi connectivity index (χ1v) is 9.41. The van der Waals surface area contributed by atoms with E-state index in [1.165, 1.54) is 23.9 Å². The van der Waals surface area contributed by atoms with Gasteiger partial charge in [0.15, 0.2) is 0 Å². The smallest absolute Gasteiger partial charge is 0.269 e. The number of nitrogens with one attached hydrogen (secondary N) is 1. The maximum absolute atomic E-state index is 12.0. The van der Waals surface area contributed by atoms with Crippen LogP contribution in [0.4, 0.5) is 5.69 Å². The highest BCUT2D eigenvalue weighted by molar-refractivity contribution is 8.00. The molecule has 0 heterocycles. The van der Waals surface area contributed by atoms with E-state index in [0.717, 1.165) is 11.2 Å². The number of nitrogens with zero attached hydrogens (tertiary/aromatic N) is 1. The molecule has 0 saturated carbocycles. The highest BCUT2D eigenvalue weighted by Crippen LogP contribution is 2.25. The SMILES string of the molecule is C[C@H](Sc1ccc([N+](=O)[O-])cc1)C(=O)N[C@@H](C)CS(C)(=O)=O. The lowest BCUT2D eigenvalue weighted by atomic mass is 10.3. The first-order valence-electron chi connectivity index (χ1n) is 6.47. The van der Waals surface area contributed by atoms with Crippen LogP contribution in [0, 0.1) is 10.1 Å². The Kier molecular flexibility index (Phi) is 6.36. The molecule has 0 unspecified atom stereocenters. The second-order valence-electron chi connectivity index (χ2n) is 5.01. The Labute approximate surface area is 133 Å². The van der Waals surface area contributed by atoms with Crippen molar-refractivity contribution >= 4 is 33.2 Å². The lowest BCUT2D eigenvalue weighted by Crippen LogP contribution is -2.41. The Morgan fingerprint density at radius 1 is 1.32 bits per heavy atom. The van der Waals surface area contributed by atoms with E-state index in [9.17, 15) is 23.3 Å². The lowest BCUT2D eigenvalue weighted by molar-refractivity contribution is -0.384. The van der Waals surface area contributed by atoms with Gasteiger partial charge < -0.3 is 5.32 Å². The maximum Gasteiger partial charge on any atom is 0.269 e.